The van der Waals surface area contributed by atoms with E-state index in [1.807, 2.05) is 6.92 Å². The van der Waals surface area contributed by atoms with Crippen molar-refractivity contribution in [2.75, 3.05) is 6.16 Å². The molecule has 0 aromatic heterocycles. The molecule has 0 heterocycles. The summed E-state index contributed by atoms with van der Waals surface area (Å²) in [5.74, 6) is 0.0653. The summed E-state index contributed by atoms with van der Waals surface area (Å²) in [6.45, 7) is 2.02. The van der Waals surface area contributed by atoms with Crippen LogP contribution in [0.15, 0.2) is 91.0 Å². The highest BCUT2D eigenvalue weighted by Gasteiger charge is 2.44. The Morgan fingerprint density at radius 2 is 1.08 bits per heavy atom. The van der Waals surface area contributed by atoms with Gasteiger partial charge in [-0.05, 0) is 49.7 Å². The molecular weight excluding hydrogens is 321 g/mol. The van der Waals surface area contributed by atoms with Crippen molar-refractivity contribution < 1.29 is 0 Å². The maximum atomic E-state index is 9.31. The molecule has 124 valence electrons. The van der Waals surface area contributed by atoms with Crippen LogP contribution < -0.4 is 15.9 Å². The summed E-state index contributed by atoms with van der Waals surface area (Å²) in [6.07, 6.45) is 1.92. The van der Waals surface area contributed by atoms with E-state index < -0.39 is 7.26 Å². The Bertz CT molecular complexity index is 726. The van der Waals surface area contributed by atoms with Gasteiger partial charge in [0.2, 0.25) is 0 Å². The minimum atomic E-state index is -1.77. The van der Waals surface area contributed by atoms with Crippen molar-refractivity contribution in [2.45, 2.75) is 13.3 Å². The summed E-state index contributed by atoms with van der Waals surface area (Å²) in [5, 5.41) is 13.5. The van der Waals surface area contributed by atoms with Crippen molar-refractivity contribution >= 4 is 23.2 Å². The molecule has 0 amide bonds. The molecule has 0 spiro atoms. The zero-order chi connectivity index (χ0) is 17.5. The van der Waals surface area contributed by atoms with Gasteiger partial charge in [0.05, 0.1) is 12.2 Å². The average Bonchev–Trinajstić information content (AvgIpc) is 2.71. The first-order chi connectivity index (χ1) is 12.3. The molecule has 1 nitrogen and oxygen atoms in total. The van der Waals surface area contributed by atoms with Crippen molar-refractivity contribution in [1.82, 2.24) is 0 Å². The summed E-state index contributed by atoms with van der Waals surface area (Å²) in [7, 11) is -1.77. The first-order valence-electron chi connectivity index (χ1n) is 8.72. The molecule has 0 aliphatic heterocycles. The Kier molecular flexibility index (Phi) is 5.64. The lowest BCUT2D eigenvalue weighted by Gasteiger charge is -2.28. The molecule has 0 bridgehead atoms. The van der Waals surface area contributed by atoms with E-state index >= 15 is 0 Å². The number of hydrogen-bond donors (Lipinski definition) is 0. The summed E-state index contributed by atoms with van der Waals surface area (Å²) in [5.41, 5.74) is 0. The number of benzene rings is 3. The SMILES string of the molecule is CC(C#N)CC[P+](c1ccccc1)(c1ccccc1)c1ccccc1. The predicted octanol–water partition coefficient (Wildman–Crippen LogP) is 4.53. The topological polar surface area (TPSA) is 23.8 Å². The quantitative estimate of drug-likeness (QED) is 0.603. The van der Waals surface area contributed by atoms with Gasteiger partial charge in [-0.3, -0.25) is 0 Å². The number of nitrogens with zero attached hydrogens (tertiary/aromatic N) is 1. The second kappa shape index (κ2) is 8.11. The van der Waals surface area contributed by atoms with Crippen LogP contribution in [-0.4, -0.2) is 6.16 Å². The van der Waals surface area contributed by atoms with Crippen LogP contribution in [0.3, 0.4) is 0 Å². The first-order valence-corrected chi connectivity index (χ1v) is 10.7. The van der Waals surface area contributed by atoms with Crippen molar-refractivity contribution in [3.8, 4) is 6.07 Å². The summed E-state index contributed by atoms with van der Waals surface area (Å²) in [4.78, 5) is 0. The normalized spacial score (nSPS) is 12.3. The molecule has 0 saturated carbocycles. The zero-order valence-corrected chi connectivity index (χ0v) is 15.4. The van der Waals surface area contributed by atoms with E-state index in [4.69, 9.17) is 0 Å². The van der Waals surface area contributed by atoms with Crippen molar-refractivity contribution in [3.63, 3.8) is 0 Å². The highest BCUT2D eigenvalue weighted by atomic mass is 31.2. The molecule has 3 aromatic carbocycles. The minimum absolute atomic E-state index is 0.0653. The number of nitriles is 1. The summed E-state index contributed by atoms with van der Waals surface area (Å²) < 4.78 is 0. The number of hydrogen-bond acceptors (Lipinski definition) is 1. The van der Waals surface area contributed by atoms with E-state index in [-0.39, 0.29) is 5.92 Å². The van der Waals surface area contributed by atoms with Crippen molar-refractivity contribution in [1.29, 1.82) is 5.26 Å². The van der Waals surface area contributed by atoms with E-state index in [0.29, 0.717) is 0 Å². The molecule has 0 aliphatic rings. The van der Waals surface area contributed by atoms with E-state index in [2.05, 4.69) is 97.1 Å². The third-order valence-corrected chi connectivity index (χ3v) is 9.18. The lowest BCUT2D eigenvalue weighted by Crippen LogP contribution is -2.33. The molecular formula is C23H23NP+. The molecule has 3 rings (SSSR count). The average molecular weight is 344 g/mol. The van der Waals surface area contributed by atoms with Crippen LogP contribution >= 0.6 is 7.26 Å². The Labute approximate surface area is 151 Å². The third kappa shape index (κ3) is 3.65. The molecule has 25 heavy (non-hydrogen) atoms. The molecule has 0 radical (unpaired) electrons. The monoisotopic (exact) mass is 344 g/mol. The molecule has 1 unspecified atom stereocenters. The van der Waals surface area contributed by atoms with E-state index in [1.54, 1.807) is 0 Å². The van der Waals surface area contributed by atoms with Crippen LogP contribution in [-0.2, 0) is 0 Å². The van der Waals surface area contributed by atoms with Gasteiger partial charge in [0.25, 0.3) is 0 Å². The highest BCUT2D eigenvalue weighted by molar-refractivity contribution is 7.95. The molecule has 1 atom stereocenters. The second-order valence-electron chi connectivity index (χ2n) is 6.36. The molecule has 2 heteroatoms. The van der Waals surface area contributed by atoms with Crippen molar-refractivity contribution in [2.24, 2.45) is 5.92 Å². The maximum Gasteiger partial charge on any atom is 0.112 e. The van der Waals surface area contributed by atoms with Gasteiger partial charge in [-0.2, -0.15) is 5.26 Å². The Hall–Kier alpha value is -2.42. The van der Waals surface area contributed by atoms with E-state index in [9.17, 15) is 5.26 Å². The van der Waals surface area contributed by atoms with Gasteiger partial charge < -0.3 is 0 Å². The standard InChI is InChI=1S/C23H23NP/c1-20(19-24)17-18-25(21-11-5-2-6-12-21,22-13-7-3-8-14-22)23-15-9-4-10-16-23/h2-16,20H,17-18H2,1H3/q+1. The van der Waals surface area contributed by atoms with Crippen LogP contribution in [0.5, 0.6) is 0 Å². The van der Waals surface area contributed by atoms with Crippen LogP contribution in [0, 0.1) is 17.2 Å². The Morgan fingerprint density at radius 1 is 0.720 bits per heavy atom. The van der Waals surface area contributed by atoms with Gasteiger partial charge in [0.15, 0.2) is 0 Å². The second-order valence-corrected chi connectivity index (χ2v) is 9.97. The largest absolute Gasteiger partial charge is 0.198 e. The van der Waals surface area contributed by atoms with Gasteiger partial charge in [-0.15, -0.1) is 0 Å². The first kappa shape index (κ1) is 17.4. The van der Waals surface area contributed by atoms with Gasteiger partial charge in [-0.1, -0.05) is 54.6 Å². The van der Waals surface area contributed by atoms with Gasteiger partial charge in [-0.25, -0.2) is 0 Å². The van der Waals surface area contributed by atoms with Gasteiger partial charge >= 0.3 is 0 Å². The smallest absolute Gasteiger partial charge is 0.112 e. The van der Waals surface area contributed by atoms with E-state index in [1.165, 1.54) is 15.9 Å². The van der Waals surface area contributed by atoms with Gasteiger partial charge in [0, 0.05) is 5.92 Å². The van der Waals surface area contributed by atoms with Crippen LogP contribution in [0.2, 0.25) is 0 Å². The Balaban J connectivity index is 2.22. The molecule has 0 fully saturated rings. The fraction of sp³-hybridized carbons (Fsp3) is 0.174. The fourth-order valence-corrected chi connectivity index (χ4v) is 7.82. The zero-order valence-electron chi connectivity index (χ0n) is 14.5. The molecule has 0 aliphatic carbocycles. The molecule has 0 N–H and O–H groups in total. The van der Waals surface area contributed by atoms with E-state index in [0.717, 1.165) is 12.6 Å². The molecule has 0 saturated heterocycles. The lowest BCUT2D eigenvalue weighted by atomic mass is 10.1. The highest BCUT2D eigenvalue weighted by Crippen LogP contribution is 2.56. The van der Waals surface area contributed by atoms with Crippen molar-refractivity contribution in [3.05, 3.63) is 91.0 Å². The summed E-state index contributed by atoms with van der Waals surface area (Å²) >= 11 is 0. The summed E-state index contributed by atoms with van der Waals surface area (Å²) in [6, 6.07) is 34.9. The maximum absolute atomic E-state index is 9.31. The van der Waals surface area contributed by atoms with Crippen LogP contribution in [0.1, 0.15) is 13.3 Å². The Morgan fingerprint density at radius 3 is 1.40 bits per heavy atom. The van der Waals surface area contributed by atoms with Crippen LogP contribution in [0.25, 0.3) is 0 Å². The van der Waals surface area contributed by atoms with Crippen LogP contribution in [0.4, 0.5) is 0 Å². The predicted molar refractivity (Wildman–Crippen MR) is 109 cm³/mol. The number of rotatable bonds is 6. The molecule has 3 aromatic rings. The third-order valence-electron chi connectivity index (χ3n) is 4.71. The fourth-order valence-electron chi connectivity index (χ4n) is 3.33. The van der Waals surface area contributed by atoms with Gasteiger partial charge in [0.1, 0.15) is 23.2 Å². The lowest BCUT2D eigenvalue weighted by molar-refractivity contribution is 0.718. The minimum Gasteiger partial charge on any atom is -0.198 e.